The molecule has 1 aromatic heterocycles. The van der Waals surface area contributed by atoms with Crippen molar-refractivity contribution in [2.45, 2.75) is 11.9 Å². The summed E-state index contributed by atoms with van der Waals surface area (Å²) in [7, 11) is -3.44. The molecule has 0 spiro atoms. The van der Waals surface area contributed by atoms with Crippen molar-refractivity contribution in [3.63, 3.8) is 0 Å². The predicted molar refractivity (Wildman–Crippen MR) is 103 cm³/mol. The summed E-state index contributed by atoms with van der Waals surface area (Å²) < 4.78 is 23.8. The van der Waals surface area contributed by atoms with E-state index in [1.54, 1.807) is 6.07 Å². The summed E-state index contributed by atoms with van der Waals surface area (Å²) in [4.78, 5) is 13.4. The number of fused-ring (bicyclic) bond motifs is 2. The zero-order valence-corrected chi connectivity index (χ0v) is 15.7. The number of hydrogen-bond acceptors (Lipinski definition) is 6. The first-order valence-electron chi connectivity index (χ1n) is 7.90. The van der Waals surface area contributed by atoms with Crippen LogP contribution in [-0.2, 0) is 9.84 Å². The number of aromatic nitrogens is 1. The summed E-state index contributed by atoms with van der Waals surface area (Å²) in [6, 6.07) is 8.91. The second kappa shape index (κ2) is 6.03. The Balaban J connectivity index is 2.01. The monoisotopic (exact) mass is 386 g/mol. The van der Waals surface area contributed by atoms with Gasteiger partial charge in [-0.15, -0.1) is 0 Å². The number of pyridine rings is 1. The Morgan fingerprint density at radius 1 is 1.19 bits per heavy atom. The standard InChI is InChI=1S/C18H15ClN4O2S/c1-10-8-21-18-16(10)23-17(11-5-3-4-6-13(11)19)12-9-20-15(26(2,24)25)7-14(12)22-18/h3-7,9H,8H2,1-2H3,(H,21,22). The van der Waals surface area contributed by atoms with Crippen LogP contribution in [0.2, 0.25) is 5.02 Å². The van der Waals surface area contributed by atoms with Gasteiger partial charge in [-0.2, -0.15) is 0 Å². The molecule has 0 saturated carbocycles. The number of anilines is 1. The van der Waals surface area contributed by atoms with E-state index in [-0.39, 0.29) is 5.03 Å². The van der Waals surface area contributed by atoms with Gasteiger partial charge < -0.3 is 5.32 Å². The van der Waals surface area contributed by atoms with E-state index >= 15 is 0 Å². The van der Waals surface area contributed by atoms with Crippen molar-refractivity contribution in [2.24, 2.45) is 9.98 Å². The van der Waals surface area contributed by atoms with Gasteiger partial charge in [-0.25, -0.2) is 18.4 Å². The summed E-state index contributed by atoms with van der Waals surface area (Å²) in [6.07, 6.45) is 2.64. The van der Waals surface area contributed by atoms with Crippen molar-refractivity contribution in [3.05, 3.63) is 63.9 Å². The van der Waals surface area contributed by atoms with Crippen LogP contribution < -0.4 is 5.32 Å². The maximum Gasteiger partial charge on any atom is 0.192 e. The van der Waals surface area contributed by atoms with Crippen LogP contribution >= 0.6 is 11.6 Å². The van der Waals surface area contributed by atoms with E-state index in [1.165, 1.54) is 12.3 Å². The minimum Gasteiger partial charge on any atom is -0.338 e. The molecule has 0 amide bonds. The second-order valence-electron chi connectivity index (χ2n) is 6.20. The first kappa shape index (κ1) is 16.9. The Labute approximate surface area is 156 Å². The van der Waals surface area contributed by atoms with Gasteiger partial charge in [0.25, 0.3) is 0 Å². The summed E-state index contributed by atoms with van der Waals surface area (Å²) in [5, 5.41) is 3.76. The van der Waals surface area contributed by atoms with Crippen molar-refractivity contribution >= 4 is 38.7 Å². The molecule has 2 aliphatic heterocycles. The third-order valence-electron chi connectivity index (χ3n) is 4.22. The lowest BCUT2D eigenvalue weighted by Gasteiger charge is -2.12. The highest BCUT2D eigenvalue weighted by Gasteiger charge is 2.26. The van der Waals surface area contributed by atoms with Crippen molar-refractivity contribution in [3.8, 4) is 0 Å². The fourth-order valence-electron chi connectivity index (χ4n) is 2.89. The van der Waals surface area contributed by atoms with E-state index in [2.05, 4.69) is 15.3 Å². The van der Waals surface area contributed by atoms with Crippen LogP contribution in [0.4, 0.5) is 5.69 Å². The highest BCUT2D eigenvalue weighted by Crippen LogP contribution is 2.31. The zero-order chi connectivity index (χ0) is 18.5. The zero-order valence-electron chi connectivity index (χ0n) is 14.1. The summed E-state index contributed by atoms with van der Waals surface area (Å²) in [5.41, 5.74) is 4.41. The molecule has 3 heterocycles. The van der Waals surface area contributed by atoms with Crippen LogP contribution in [0.25, 0.3) is 0 Å². The van der Waals surface area contributed by atoms with Gasteiger partial charge in [0.1, 0.15) is 5.70 Å². The van der Waals surface area contributed by atoms with Gasteiger partial charge >= 0.3 is 0 Å². The maximum atomic E-state index is 11.9. The summed E-state index contributed by atoms with van der Waals surface area (Å²) in [5.74, 6) is 0.622. The van der Waals surface area contributed by atoms with Crippen LogP contribution in [0.5, 0.6) is 0 Å². The van der Waals surface area contributed by atoms with Gasteiger partial charge in [0.2, 0.25) is 0 Å². The SMILES string of the molecule is CC1=C2N=C(c3ccccc3Cl)c3cnc(S(C)(=O)=O)cc3NC2=NC1. The van der Waals surface area contributed by atoms with Crippen molar-refractivity contribution in [1.29, 1.82) is 0 Å². The van der Waals surface area contributed by atoms with Gasteiger partial charge in [-0.3, -0.25) is 4.99 Å². The smallest absolute Gasteiger partial charge is 0.192 e. The van der Waals surface area contributed by atoms with Crippen molar-refractivity contribution in [1.82, 2.24) is 4.98 Å². The number of rotatable bonds is 2. The van der Waals surface area contributed by atoms with E-state index in [0.29, 0.717) is 34.4 Å². The molecule has 0 bridgehead atoms. The molecule has 1 aromatic carbocycles. The lowest BCUT2D eigenvalue weighted by molar-refractivity contribution is 0.598. The van der Waals surface area contributed by atoms with E-state index in [4.69, 9.17) is 16.6 Å². The Morgan fingerprint density at radius 3 is 2.69 bits per heavy atom. The molecule has 0 aliphatic carbocycles. The molecule has 1 N–H and O–H groups in total. The molecule has 0 unspecified atom stereocenters. The Kier molecular flexibility index (Phi) is 3.93. The van der Waals surface area contributed by atoms with Gasteiger partial charge in [0.15, 0.2) is 20.7 Å². The lowest BCUT2D eigenvalue weighted by atomic mass is 10.0. The van der Waals surface area contributed by atoms with Crippen molar-refractivity contribution < 1.29 is 8.42 Å². The number of aliphatic imine (C=N–C) groups is 2. The Hall–Kier alpha value is -2.51. The van der Waals surface area contributed by atoms with E-state index in [1.807, 2.05) is 25.1 Å². The van der Waals surface area contributed by atoms with Crippen LogP contribution in [0.1, 0.15) is 18.1 Å². The summed E-state index contributed by atoms with van der Waals surface area (Å²) in [6.45, 7) is 2.52. The van der Waals surface area contributed by atoms with Crippen molar-refractivity contribution in [2.75, 3.05) is 18.1 Å². The quantitative estimate of drug-likeness (QED) is 0.859. The lowest BCUT2D eigenvalue weighted by Crippen LogP contribution is -2.13. The number of halogens is 1. The highest BCUT2D eigenvalue weighted by atomic mass is 35.5. The van der Waals surface area contributed by atoms with Crippen LogP contribution in [-0.4, -0.2) is 37.7 Å². The molecule has 26 heavy (non-hydrogen) atoms. The number of sulfone groups is 1. The number of nitrogens with zero attached hydrogens (tertiary/aromatic N) is 3. The number of amidine groups is 1. The number of hydrogen-bond donors (Lipinski definition) is 1. The first-order chi connectivity index (χ1) is 12.3. The molecule has 0 atom stereocenters. The molecule has 0 radical (unpaired) electrons. The average molecular weight is 387 g/mol. The minimum absolute atomic E-state index is 0.00925. The molecule has 6 nitrogen and oxygen atoms in total. The topological polar surface area (TPSA) is 83.8 Å². The third-order valence-corrected chi connectivity index (χ3v) is 5.54. The fraction of sp³-hybridized carbons (Fsp3) is 0.167. The molecule has 2 aromatic rings. The summed E-state index contributed by atoms with van der Waals surface area (Å²) >= 11 is 6.40. The molecule has 8 heteroatoms. The molecule has 0 saturated heterocycles. The minimum atomic E-state index is -3.44. The van der Waals surface area contributed by atoms with Gasteiger partial charge in [-0.1, -0.05) is 29.8 Å². The van der Waals surface area contributed by atoms with E-state index in [9.17, 15) is 8.42 Å². The largest absolute Gasteiger partial charge is 0.338 e. The second-order valence-corrected chi connectivity index (χ2v) is 8.57. The molecule has 4 rings (SSSR count). The van der Waals surface area contributed by atoms with Crippen LogP contribution in [0.3, 0.4) is 0 Å². The average Bonchev–Trinajstić information content (AvgIpc) is 2.84. The molecule has 0 fully saturated rings. The predicted octanol–water partition coefficient (Wildman–Crippen LogP) is 3.09. The van der Waals surface area contributed by atoms with Gasteiger partial charge in [0, 0.05) is 28.6 Å². The molecular formula is C18H15ClN4O2S. The third kappa shape index (κ3) is 2.83. The fourth-order valence-corrected chi connectivity index (χ4v) is 3.69. The van der Waals surface area contributed by atoms with Gasteiger partial charge in [0.05, 0.1) is 17.9 Å². The number of nitrogens with one attached hydrogen (secondary N) is 1. The Morgan fingerprint density at radius 2 is 1.96 bits per heavy atom. The number of benzene rings is 1. The normalized spacial score (nSPS) is 16.3. The van der Waals surface area contributed by atoms with Gasteiger partial charge in [-0.05, 0) is 24.6 Å². The highest BCUT2D eigenvalue weighted by molar-refractivity contribution is 7.90. The van der Waals surface area contributed by atoms with Crippen LogP contribution in [0, 0.1) is 0 Å². The van der Waals surface area contributed by atoms with Crippen LogP contribution in [0.15, 0.2) is 62.8 Å². The van der Waals surface area contributed by atoms with E-state index in [0.717, 1.165) is 23.1 Å². The molecule has 2 aliphatic rings. The molecular weight excluding hydrogens is 372 g/mol. The van der Waals surface area contributed by atoms with E-state index < -0.39 is 9.84 Å². The first-order valence-corrected chi connectivity index (χ1v) is 10.2. The maximum absolute atomic E-state index is 11.9. The molecule has 132 valence electrons. The Bertz CT molecular complexity index is 1130.